The molecule has 0 saturated carbocycles. The summed E-state index contributed by atoms with van der Waals surface area (Å²) >= 11 is 0. The van der Waals surface area contributed by atoms with Crippen LogP contribution in [0.15, 0.2) is 0 Å². The van der Waals surface area contributed by atoms with E-state index in [1.165, 1.54) is 0 Å². The average molecular weight is 113 g/mol. The molecule has 0 rings (SSSR count). The fourth-order valence-corrected chi connectivity index (χ4v) is 0.544. The Kier molecular flexibility index (Phi) is 7.05. The Morgan fingerprint density at radius 3 is 1.88 bits per heavy atom. The SMILES string of the molecule is C.[B]C(N)CC(C)C. The molecular formula is C6H16BN. The summed E-state index contributed by atoms with van der Waals surface area (Å²) in [6.07, 6.45) is 0.917. The predicted molar refractivity (Wildman–Crippen MR) is 39.9 cm³/mol. The monoisotopic (exact) mass is 113 g/mol. The van der Waals surface area contributed by atoms with Crippen molar-refractivity contribution in [3.05, 3.63) is 0 Å². The van der Waals surface area contributed by atoms with Crippen molar-refractivity contribution in [3.8, 4) is 0 Å². The lowest BCUT2D eigenvalue weighted by molar-refractivity contribution is 0.571. The Hall–Kier alpha value is 0.0249. The number of hydrogen-bond acceptors (Lipinski definition) is 1. The number of rotatable bonds is 2. The molecule has 0 spiro atoms. The van der Waals surface area contributed by atoms with E-state index in [4.69, 9.17) is 13.6 Å². The Balaban J connectivity index is 0. The molecule has 0 bridgehead atoms. The quantitative estimate of drug-likeness (QED) is 0.533. The van der Waals surface area contributed by atoms with Gasteiger partial charge in [-0.1, -0.05) is 21.3 Å². The summed E-state index contributed by atoms with van der Waals surface area (Å²) in [6.45, 7) is 4.21. The molecule has 0 aliphatic heterocycles. The van der Waals surface area contributed by atoms with Crippen molar-refractivity contribution in [1.29, 1.82) is 0 Å². The molecule has 0 heterocycles. The molecule has 1 atom stereocenters. The van der Waals surface area contributed by atoms with E-state index < -0.39 is 0 Å². The van der Waals surface area contributed by atoms with Crippen molar-refractivity contribution in [1.82, 2.24) is 0 Å². The lowest BCUT2D eigenvalue weighted by Crippen LogP contribution is -2.21. The lowest BCUT2D eigenvalue weighted by atomic mass is 9.89. The van der Waals surface area contributed by atoms with E-state index in [0.717, 1.165) is 6.42 Å². The van der Waals surface area contributed by atoms with Gasteiger partial charge in [0, 0.05) is 0 Å². The molecule has 2 N–H and O–H groups in total. The molecule has 2 heteroatoms. The van der Waals surface area contributed by atoms with Crippen molar-refractivity contribution < 1.29 is 0 Å². The van der Waals surface area contributed by atoms with Gasteiger partial charge in [-0.05, 0) is 18.3 Å². The molecule has 48 valence electrons. The van der Waals surface area contributed by atoms with E-state index >= 15 is 0 Å². The van der Waals surface area contributed by atoms with Crippen LogP contribution in [0.1, 0.15) is 27.7 Å². The lowest BCUT2D eigenvalue weighted by Gasteiger charge is -2.06. The van der Waals surface area contributed by atoms with Crippen LogP contribution in [0.25, 0.3) is 0 Å². The molecule has 0 fully saturated rings. The first kappa shape index (κ1) is 10.9. The third-order valence-corrected chi connectivity index (χ3v) is 0.744. The zero-order valence-corrected chi connectivity index (χ0v) is 5.02. The smallest absolute Gasteiger partial charge is 0.0903 e. The maximum Gasteiger partial charge on any atom is 0.0903 e. The maximum absolute atomic E-state index is 5.27. The molecule has 0 amide bonds. The van der Waals surface area contributed by atoms with E-state index in [1.54, 1.807) is 0 Å². The summed E-state index contributed by atoms with van der Waals surface area (Å²) in [6, 6.07) is 0. The zero-order chi connectivity index (χ0) is 5.86. The predicted octanol–water partition coefficient (Wildman–Crippen LogP) is 1.12. The summed E-state index contributed by atoms with van der Waals surface area (Å²) in [5.41, 5.74) is 5.27. The van der Waals surface area contributed by atoms with Crippen LogP contribution < -0.4 is 5.73 Å². The number of hydrogen-bond donors (Lipinski definition) is 1. The van der Waals surface area contributed by atoms with Gasteiger partial charge < -0.3 is 5.73 Å². The summed E-state index contributed by atoms with van der Waals surface area (Å²) in [7, 11) is 5.27. The topological polar surface area (TPSA) is 26.0 Å². The molecule has 0 aromatic carbocycles. The molecule has 2 radical (unpaired) electrons. The van der Waals surface area contributed by atoms with Gasteiger partial charge in [-0.25, -0.2) is 0 Å². The van der Waals surface area contributed by atoms with E-state index in [1.807, 2.05) is 0 Å². The second-order valence-corrected chi connectivity index (χ2v) is 2.29. The third kappa shape index (κ3) is 9.39. The fraction of sp³-hybridized carbons (Fsp3) is 1.00. The van der Waals surface area contributed by atoms with Gasteiger partial charge in [0.2, 0.25) is 0 Å². The van der Waals surface area contributed by atoms with Crippen LogP contribution in [-0.4, -0.2) is 13.8 Å². The Labute approximate surface area is 54.1 Å². The van der Waals surface area contributed by atoms with Gasteiger partial charge in [0.25, 0.3) is 0 Å². The second kappa shape index (κ2) is 5.17. The van der Waals surface area contributed by atoms with Gasteiger partial charge in [0.05, 0.1) is 7.85 Å². The largest absolute Gasteiger partial charge is 0.336 e. The second-order valence-electron chi connectivity index (χ2n) is 2.29. The summed E-state index contributed by atoms with van der Waals surface area (Å²) in [5.74, 6) is 0.500. The van der Waals surface area contributed by atoms with Crippen LogP contribution in [-0.2, 0) is 0 Å². The van der Waals surface area contributed by atoms with E-state index in [2.05, 4.69) is 13.8 Å². The van der Waals surface area contributed by atoms with Crippen molar-refractivity contribution >= 4 is 7.85 Å². The van der Waals surface area contributed by atoms with Gasteiger partial charge in [-0.2, -0.15) is 0 Å². The Morgan fingerprint density at radius 2 is 1.88 bits per heavy atom. The summed E-state index contributed by atoms with van der Waals surface area (Å²) in [4.78, 5) is 0. The van der Waals surface area contributed by atoms with Crippen LogP contribution in [0, 0.1) is 5.92 Å². The maximum atomic E-state index is 5.27. The molecule has 1 unspecified atom stereocenters. The molecule has 0 aliphatic rings. The minimum Gasteiger partial charge on any atom is -0.336 e. The highest BCUT2D eigenvalue weighted by atomic mass is 14.6. The Morgan fingerprint density at radius 1 is 1.50 bits per heavy atom. The highest BCUT2D eigenvalue weighted by molar-refractivity contribution is 6.11. The highest BCUT2D eigenvalue weighted by Gasteiger charge is 1.95. The van der Waals surface area contributed by atoms with Crippen molar-refractivity contribution in [3.63, 3.8) is 0 Å². The molecular weight excluding hydrogens is 96.9 g/mol. The van der Waals surface area contributed by atoms with Crippen molar-refractivity contribution in [2.75, 3.05) is 0 Å². The van der Waals surface area contributed by atoms with E-state index in [9.17, 15) is 0 Å². The zero-order valence-electron chi connectivity index (χ0n) is 5.02. The number of nitrogens with two attached hydrogens (primary N) is 1. The molecule has 0 saturated heterocycles. The van der Waals surface area contributed by atoms with Crippen LogP contribution in [0.4, 0.5) is 0 Å². The van der Waals surface area contributed by atoms with Crippen LogP contribution >= 0.6 is 0 Å². The average Bonchev–Trinajstić information content (AvgIpc) is 1.27. The summed E-state index contributed by atoms with van der Waals surface area (Å²) < 4.78 is 0. The molecule has 0 aromatic heterocycles. The van der Waals surface area contributed by atoms with Gasteiger partial charge in [0.15, 0.2) is 0 Å². The standard InChI is InChI=1S/C5H12BN.CH4/c1-4(2)3-5(6)7;/h4-5H,3,7H2,1-2H3;1H4. The van der Waals surface area contributed by atoms with Gasteiger partial charge >= 0.3 is 0 Å². The highest BCUT2D eigenvalue weighted by Crippen LogP contribution is 1.98. The summed E-state index contributed by atoms with van der Waals surface area (Å²) in [5, 5.41) is 0. The third-order valence-electron chi connectivity index (χ3n) is 0.744. The van der Waals surface area contributed by atoms with Crippen LogP contribution in [0.3, 0.4) is 0 Å². The van der Waals surface area contributed by atoms with Crippen LogP contribution in [0.5, 0.6) is 0 Å². The minimum absolute atomic E-state index is 0. The fourth-order valence-electron chi connectivity index (χ4n) is 0.544. The van der Waals surface area contributed by atoms with Crippen molar-refractivity contribution in [2.24, 2.45) is 11.7 Å². The van der Waals surface area contributed by atoms with Gasteiger partial charge in [0.1, 0.15) is 0 Å². The first-order valence-corrected chi connectivity index (χ1v) is 2.64. The normalized spacial score (nSPS) is 13.0. The van der Waals surface area contributed by atoms with E-state index in [0.29, 0.717) is 5.92 Å². The van der Waals surface area contributed by atoms with Crippen LogP contribution in [0.2, 0.25) is 0 Å². The van der Waals surface area contributed by atoms with Crippen molar-refractivity contribution in [2.45, 2.75) is 33.6 Å². The van der Waals surface area contributed by atoms with Gasteiger partial charge in [-0.3, -0.25) is 0 Å². The molecule has 0 aliphatic carbocycles. The molecule has 8 heavy (non-hydrogen) atoms. The minimum atomic E-state index is -0.125. The van der Waals surface area contributed by atoms with Gasteiger partial charge in [-0.15, -0.1) is 0 Å². The van der Waals surface area contributed by atoms with E-state index in [-0.39, 0.29) is 13.4 Å². The molecule has 1 nitrogen and oxygen atoms in total. The first-order chi connectivity index (χ1) is 3.13. The molecule has 0 aromatic rings. The Bertz CT molecular complexity index is 37.8. The first-order valence-electron chi connectivity index (χ1n) is 2.64.